The third-order valence-electron chi connectivity index (χ3n) is 4.20. The second-order valence-electron chi connectivity index (χ2n) is 5.73. The van der Waals surface area contributed by atoms with Crippen molar-refractivity contribution >= 4 is 10.9 Å². The van der Waals surface area contributed by atoms with E-state index in [-0.39, 0.29) is 6.04 Å². The molecule has 2 heteroatoms. The second kappa shape index (κ2) is 5.30. The fraction of sp³-hybridized carbons (Fsp3) is 0.211. The highest BCUT2D eigenvalue weighted by molar-refractivity contribution is 5.79. The van der Waals surface area contributed by atoms with Crippen molar-refractivity contribution in [1.82, 2.24) is 4.98 Å². The molecular formula is C19H20N2. The van der Waals surface area contributed by atoms with Crippen molar-refractivity contribution in [3.63, 3.8) is 0 Å². The Hall–Kier alpha value is -2.19. The van der Waals surface area contributed by atoms with Crippen LogP contribution >= 0.6 is 0 Å². The number of hydrogen-bond donors (Lipinski definition) is 1. The minimum atomic E-state index is -0.103. The molecule has 0 spiro atoms. The summed E-state index contributed by atoms with van der Waals surface area (Å²) >= 11 is 0. The SMILES string of the molecule is Cc1cc(C)c(C(N)c2ccc3ncccc3c2)cc1C. The van der Waals surface area contributed by atoms with Gasteiger partial charge in [-0.05, 0) is 66.8 Å². The van der Waals surface area contributed by atoms with Crippen LogP contribution in [0.4, 0.5) is 0 Å². The minimum Gasteiger partial charge on any atom is -0.320 e. The van der Waals surface area contributed by atoms with Crippen LogP contribution in [0.2, 0.25) is 0 Å². The zero-order valence-corrected chi connectivity index (χ0v) is 12.7. The number of nitrogens with two attached hydrogens (primary N) is 1. The van der Waals surface area contributed by atoms with Gasteiger partial charge in [-0.25, -0.2) is 0 Å². The molecule has 2 aromatic carbocycles. The van der Waals surface area contributed by atoms with Crippen LogP contribution in [0.5, 0.6) is 0 Å². The number of fused-ring (bicyclic) bond motifs is 1. The molecule has 1 atom stereocenters. The molecule has 1 aromatic heterocycles. The Kier molecular flexibility index (Phi) is 3.48. The molecule has 0 bridgehead atoms. The van der Waals surface area contributed by atoms with Gasteiger partial charge in [0.2, 0.25) is 0 Å². The third-order valence-corrected chi connectivity index (χ3v) is 4.20. The van der Waals surface area contributed by atoms with Crippen LogP contribution in [-0.4, -0.2) is 4.98 Å². The van der Waals surface area contributed by atoms with Gasteiger partial charge in [0.05, 0.1) is 11.6 Å². The normalized spacial score (nSPS) is 12.6. The fourth-order valence-electron chi connectivity index (χ4n) is 2.79. The van der Waals surface area contributed by atoms with E-state index in [4.69, 9.17) is 5.73 Å². The molecule has 1 unspecified atom stereocenters. The van der Waals surface area contributed by atoms with Gasteiger partial charge < -0.3 is 5.73 Å². The molecule has 3 aromatic rings. The van der Waals surface area contributed by atoms with Gasteiger partial charge in [-0.1, -0.05) is 24.3 Å². The predicted octanol–water partition coefficient (Wildman–Crippen LogP) is 4.21. The average molecular weight is 276 g/mol. The lowest BCUT2D eigenvalue weighted by Crippen LogP contribution is -2.13. The maximum Gasteiger partial charge on any atom is 0.0702 e. The van der Waals surface area contributed by atoms with Crippen molar-refractivity contribution in [3.8, 4) is 0 Å². The Balaban J connectivity index is 2.07. The maximum atomic E-state index is 6.51. The summed E-state index contributed by atoms with van der Waals surface area (Å²) in [6.07, 6.45) is 1.81. The predicted molar refractivity (Wildman–Crippen MR) is 88.4 cm³/mol. The van der Waals surface area contributed by atoms with Gasteiger partial charge in [-0.3, -0.25) is 4.98 Å². The Morgan fingerprint density at radius 2 is 1.67 bits per heavy atom. The molecule has 2 N–H and O–H groups in total. The Morgan fingerprint density at radius 3 is 2.48 bits per heavy atom. The van der Waals surface area contributed by atoms with Crippen LogP contribution in [0.3, 0.4) is 0 Å². The number of aromatic nitrogens is 1. The molecule has 0 saturated heterocycles. The second-order valence-corrected chi connectivity index (χ2v) is 5.73. The van der Waals surface area contributed by atoms with Crippen molar-refractivity contribution in [2.75, 3.05) is 0 Å². The van der Waals surface area contributed by atoms with Crippen molar-refractivity contribution in [1.29, 1.82) is 0 Å². The van der Waals surface area contributed by atoms with Gasteiger partial charge in [-0.15, -0.1) is 0 Å². The summed E-state index contributed by atoms with van der Waals surface area (Å²) in [5.41, 5.74) is 13.7. The van der Waals surface area contributed by atoms with Crippen molar-refractivity contribution in [2.45, 2.75) is 26.8 Å². The quantitative estimate of drug-likeness (QED) is 0.761. The summed E-state index contributed by atoms with van der Waals surface area (Å²) in [6.45, 7) is 6.40. The van der Waals surface area contributed by atoms with Crippen molar-refractivity contribution in [2.24, 2.45) is 5.73 Å². The Labute approximate surface area is 125 Å². The fourth-order valence-corrected chi connectivity index (χ4v) is 2.79. The van der Waals surface area contributed by atoms with Crippen molar-refractivity contribution < 1.29 is 0 Å². The summed E-state index contributed by atoms with van der Waals surface area (Å²) in [4.78, 5) is 4.36. The number of aryl methyl sites for hydroxylation is 3. The summed E-state index contributed by atoms with van der Waals surface area (Å²) in [7, 11) is 0. The summed E-state index contributed by atoms with van der Waals surface area (Å²) in [5.74, 6) is 0. The smallest absolute Gasteiger partial charge is 0.0702 e. The number of nitrogens with zero attached hydrogens (tertiary/aromatic N) is 1. The van der Waals surface area contributed by atoms with Crippen LogP contribution < -0.4 is 5.73 Å². The summed E-state index contributed by atoms with van der Waals surface area (Å²) in [6, 6.07) is 14.6. The van der Waals surface area contributed by atoms with E-state index in [1.807, 2.05) is 18.3 Å². The zero-order chi connectivity index (χ0) is 15.0. The maximum absolute atomic E-state index is 6.51. The lowest BCUT2D eigenvalue weighted by Gasteiger charge is -2.17. The Bertz CT molecular complexity index is 806. The van der Waals surface area contributed by atoms with Crippen LogP contribution in [0, 0.1) is 20.8 Å². The molecule has 0 aliphatic carbocycles. The van der Waals surface area contributed by atoms with Crippen LogP contribution in [0.15, 0.2) is 48.7 Å². The topological polar surface area (TPSA) is 38.9 Å². The van der Waals surface area contributed by atoms with Gasteiger partial charge >= 0.3 is 0 Å². The minimum absolute atomic E-state index is 0.103. The zero-order valence-electron chi connectivity index (χ0n) is 12.7. The first kappa shape index (κ1) is 13.8. The molecule has 0 saturated carbocycles. The molecule has 0 radical (unpaired) electrons. The highest BCUT2D eigenvalue weighted by Crippen LogP contribution is 2.27. The number of benzene rings is 2. The van der Waals surface area contributed by atoms with Gasteiger partial charge in [0.15, 0.2) is 0 Å². The van der Waals surface area contributed by atoms with E-state index < -0.39 is 0 Å². The number of rotatable bonds is 2. The van der Waals surface area contributed by atoms with E-state index in [0.29, 0.717) is 0 Å². The van der Waals surface area contributed by atoms with Crippen LogP contribution in [0.1, 0.15) is 33.9 Å². The lowest BCUT2D eigenvalue weighted by atomic mass is 9.92. The first-order valence-electron chi connectivity index (χ1n) is 7.24. The first-order valence-corrected chi connectivity index (χ1v) is 7.24. The molecule has 1 heterocycles. The highest BCUT2D eigenvalue weighted by atomic mass is 14.7. The molecular weight excluding hydrogens is 256 g/mol. The highest BCUT2D eigenvalue weighted by Gasteiger charge is 2.13. The first-order chi connectivity index (χ1) is 10.1. The van der Waals surface area contributed by atoms with Gasteiger partial charge in [-0.2, -0.15) is 0 Å². The summed E-state index contributed by atoms with van der Waals surface area (Å²) < 4.78 is 0. The third kappa shape index (κ3) is 2.55. The van der Waals surface area contributed by atoms with Crippen LogP contribution in [0.25, 0.3) is 10.9 Å². The van der Waals surface area contributed by atoms with Crippen molar-refractivity contribution in [3.05, 3.63) is 76.5 Å². The van der Waals surface area contributed by atoms with E-state index in [2.05, 4.69) is 56.1 Å². The molecule has 21 heavy (non-hydrogen) atoms. The van der Waals surface area contributed by atoms with E-state index >= 15 is 0 Å². The molecule has 2 nitrogen and oxygen atoms in total. The van der Waals surface area contributed by atoms with Gasteiger partial charge in [0.1, 0.15) is 0 Å². The van der Waals surface area contributed by atoms with E-state index in [9.17, 15) is 0 Å². The summed E-state index contributed by atoms with van der Waals surface area (Å²) in [5, 5.41) is 1.13. The molecule has 0 fully saturated rings. The average Bonchev–Trinajstić information content (AvgIpc) is 2.50. The lowest BCUT2D eigenvalue weighted by molar-refractivity contribution is 0.860. The van der Waals surface area contributed by atoms with Crippen LogP contribution in [-0.2, 0) is 0 Å². The molecule has 0 amide bonds. The molecule has 3 rings (SSSR count). The van der Waals surface area contributed by atoms with Gasteiger partial charge in [0, 0.05) is 11.6 Å². The van der Waals surface area contributed by atoms with E-state index in [1.54, 1.807) is 0 Å². The van der Waals surface area contributed by atoms with Gasteiger partial charge in [0.25, 0.3) is 0 Å². The number of pyridine rings is 1. The van der Waals surface area contributed by atoms with E-state index in [0.717, 1.165) is 16.5 Å². The molecule has 0 aliphatic rings. The number of hydrogen-bond acceptors (Lipinski definition) is 2. The van der Waals surface area contributed by atoms with E-state index in [1.165, 1.54) is 22.3 Å². The molecule has 106 valence electrons. The largest absolute Gasteiger partial charge is 0.320 e. The Morgan fingerprint density at radius 1 is 0.905 bits per heavy atom. The monoisotopic (exact) mass is 276 g/mol. The molecule has 0 aliphatic heterocycles. The standard InChI is InChI=1S/C19H20N2/c1-12-9-14(3)17(10-13(12)2)19(20)16-6-7-18-15(11-16)5-4-8-21-18/h4-11,19H,20H2,1-3H3.